The van der Waals surface area contributed by atoms with Crippen LogP contribution < -0.4 is 0 Å². The molecule has 3 heterocycles. The molecule has 0 aliphatic carbocycles. The van der Waals surface area contributed by atoms with Crippen molar-refractivity contribution in [1.82, 2.24) is 24.6 Å². The number of aromatic nitrogens is 1. The van der Waals surface area contributed by atoms with E-state index in [1.807, 2.05) is 35.4 Å². The van der Waals surface area contributed by atoms with Crippen molar-refractivity contribution in [2.75, 3.05) is 59.4 Å². The average Bonchev–Trinajstić information content (AvgIpc) is 2.80. The zero-order valence-corrected chi connectivity index (χ0v) is 19.1. The molecule has 6 nitrogen and oxygen atoms in total. The number of pyridine rings is 1. The third-order valence-corrected chi connectivity index (χ3v) is 6.60. The van der Waals surface area contributed by atoms with Crippen molar-refractivity contribution >= 4 is 5.91 Å². The first-order valence-corrected chi connectivity index (χ1v) is 11.5. The minimum Gasteiger partial charge on any atom is -0.336 e. The first kappa shape index (κ1) is 21.9. The highest BCUT2D eigenvalue weighted by atomic mass is 16.2. The normalized spacial score (nSPS) is 19.2. The number of hydrogen-bond donors (Lipinski definition) is 0. The smallest absolute Gasteiger partial charge is 0.253 e. The molecule has 0 spiro atoms. The van der Waals surface area contributed by atoms with Crippen molar-refractivity contribution in [3.05, 3.63) is 53.9 Å². The number of likely N-dealkylation sites (N-methyl/N-ethyl adjacent to an activating group) is 1. The van der Waals surface area contributed by atoms with Crippen molar-refractivity contribution in [3.8, 4) is 11.1 Å². The van der Waals surface area contributed by atoms with E-state index in [0.717, 1.165) is 81.3 Å². The van der Waals surface area contributed by atoms with Crippen molar-refractivity contribution in [2.45, 2.75) is 26.4 Å². The van der Waals surface area contributed by atoms with Crippen molar-refractivity contribution in [2.24, 2.45) is 0 Å². The lowest BCUT2D eigenvalue weighted by atomic mass is 10.0. The first-order chi connectivity index (χ1) is 15.0. The lowest BCUT2D eigenvalue weighted by Crippen LogP contribution is -2.48. The van der Waals surface area contributed by atoms with Gasteiger partial charge in [0.05, 0.1) is 5.69 Å². The van der Waals surface area contributed by atoms with Crippen molar-refractivity contribution < 1.29 is 4.79 Å². The van der Waals surface area contributed by atoms with Gasteiger partial charge in [-0.05, 0) is 44.7 Å². The number of hydrogen-bond acceptors (Lipinski definition) is 5. The second-order valence-electron chi connectivity index (χ2n) is 9.12. The predicted octanol–water partition coefficient (Wildman–Crippen LogP) is 2.66. The minimum absolute atomic E-state index is 0.130. The second-order valence-corrected chi connectivity index (χ2v) is 9.12. The van der Waals surface area contributed by atoms with Crippen LogP contribution in [0.5, 0.6) is 0 Å². The van der Waals surface area contributed by atoms with E-state index in [1.165, 1.54) is 0 Å². The topological polar surface area (TPSA) is 42.9 Å². The molecule has 166 valence electrons. The zero-order valence-electron chi connectivity index (χ0n) is 19.1. The maximum atomic E-state index is 12.7. The summed E-state index contributed by atoms with van der Waals surface area (Å²) < 4.78 is 0. The molecular weight excluding hydrogens is 386 g/mol. The maximum absolute atomic E-state index is 12.7. The molecule has 0 atom stereocenters. The van der Waals surface area contributed by atoms with Gasteiger partial charge in [-0.25, -0.2) is 0 Å². The van der Waals surface area contributed by atoms with Crippen LogP contribution >= 0.6 is 0 Å². The highest BCUT2D eigenvalue weighted by Crippen LogP contribution is 2.21. The number of amides is 1. The van der Waals surface area contributed by atoms with Crippen LogP contribution in [0.25, 0.3) is 11.1 Å². The van der Waals surface area contributed by atoms with Gasteiger partial charge in [0, 0.05) is 82.3 Å². The quantitative estimate of drug-likeness (QED) is 0.743. The molecule has 1 aromatic heterocycles. The van der Waals surface area contributed by atoms with Gasteiger partial charge in [0.25, 0.3) is 5.91 Å². The van der Waals surface area contributed by atoms with Crippen LogP contribution in [-0.2, 0) is 6.54 Å². The van der Waals surface area contributed by atoms with Crippen LogP contribution in [0.3, 0.4) is 0 Å². The average molecular weight is 422 g/mol. The summed E-state index contributed by atoms with van der Waals surface area (Å²) >= 11 is 0. The molecule has 2 saturated heterocycles. The van der Waals surface area contributed by atoms with E-state index in [-0.39, 0.29) is 5.91 Å². The Labute approximate surface area is 186 Å². The standard InChI is InChI=1S/C25H35N5O/c1-20(2)29-16-12-28(13-17-29)19-24-9-8-23(18-26-24)21-4-6-22(7-5-21)25(31)30-14-10-27(3)11-15-30/h4-9,18,20H,10-17,19H2,1-3H3. The van der Waals surface area contributed by atoms with Gasteiger partial charge in [-0.3, -0.25) is 19.6 Å². The Kier molecular flexibility index (Phi) is 7.00. The Balaban J connectivity index is 1.33. The van der Waals surface area contributed by atoms with E-state index in [1.54, 1.807) is 0 Å². The summed E-state index contributed by atoms with van der Waals surface area (Å²) in [5.74, 6) is 0.130. The summed E-state index contributed by atoms with van der Waals surface area (Å²) in [6.07, 6.45) is 1.96. The van der Waals surface area contributed by atoms with E-state index < -0.39 is 0 Å². The summed E-state index contributed by atoms with van der Waals surface area (Å²) in [6, 6.07) is 12.9. The van der Waals surface area contributed by atoms with Crippen LogP contribution in [0.1, 0.15) is 29.9 Å². The molecular formula is C25H35N5O. The number of carbonyl (C=O) groups is 1. The number of rotatable bonds is 5. The monoisotopic (exact) mass is 421 g/mol. The van der Waals surface area contributed by atoms with E-state index in [2.05, 4.69) is 47.7 Å². The summed E-state index contributed by atoms with van der Waals surface area (Å²) in [4.78, 5) is 26.7. The summed E-state index contributed by atoms with van der Waals surface area (Å²) in [7, 11) is 2.10. The van der Waals surface area contributed by atoms with Gasteiger partial charge in [-0.15, -0.1) is 0 Å². The van der Waals surface area contributed by atoms with Crippen LogP contribution in [0.4, 0.5) is 0 Å². The highest BCUT2D eigenvalue weighted by Gasteiger charge is 2.21. The summed E-state index contributed by atoms with van der Waals surface area (Å²) in [5, 5.41) is 0. The van der Waals surface area contributed by atoms with Gasteiger partial charge in [-0.1, -0.05) is 18.2 Å². The fraction of sp³-hybridized carbons (Fsp3) is 0.520. The highest BCUT2D eigenvalue weighted by molar-refractivity contribution is 5.94. The molecule has 0 unspecified atom stereocenters. The molecule has 4 rings (SSSR count). The Morgan fingerprint density at radius 2 is 1.52 bits per heavy atom. The lowest BCUT2D eigenvalue weighted by molar-refractivity contribution is 0.0664. The Bertz CT molecular complexity index is 848. The molecule has 0 radical (unpaired) electrons. The molecule has 0 N–H and O–H groups in total. The summed E-state index contributed by atoms with van der Waals surface area (Å²) in [6.45, 7) is 13.4. The molecule has 2 aromatic rings. The molecule has 2 aliphatic rings. The number of benzene rings is 1. The number of nitrogens with zero attached hydrogens (tertiary/aromatic N) is 5. The third-order valence-electron chi connectivity index (χ3n) is 6.60. The van der Waals surface area contributed by atoms with E-state index in [4.69, 9.17) is 4.98 Å². The van der Waals surface area contributed by atoms with Gasteiger partial charge in [0.15, 0.2) is 0 Å². The largest absolute Gasteiger partial charge is 0.336 e. The van der Waals surface area contributed by atoms with E-state index in [9.17, 15) is 4.79 Å². The Morgan fingerprint density at radius 3 is 2.10 bits per heavy atom. The van der Waals surface area contributed by atoms with Gasteiger partial charge in [0.2, 0.25) is 0 Å². The first-order valence-electron chi connectivity index (χ1n) is 11.5. The third kappa shape index (κ3) is 5.50. The SMILES string of the molecule is CC(C)N1CCN(Cc2ccc(-c3ccc(C(=O)N4CCN(C)CC4)cc3)cn2)CC1. The second kappa shape index (κ2) is 9.90. The lowest BCUT2D eigenvalue weighted by Gasteiger charge is -2.36. The van der Waals surface area contributed by atoms with Gasteiger partial charge >= 0.3 is 0 Å². The van der Waals surface area contributed by atoms with E-state index >= 15 is 0 Å². The Morgan fingerprint density at radius 1 is 0.871 bits per heavy atom. The molecule has 0 bridgehead atoms. The fourth-order valence-electron chi connectivity index (χ4n) is 4.35. The summed E-state index contributed by atoms with van der Waals surface area (Å²) in [5.41, 5.74) is 4.06. The molecule has 2 aliphatic heterocycles. The zero-order chi connectivity index (χ0) is 21.8. The minimum atomic E-state index is 0.130. The molecule has 31 heavy (non-hydrogen) atoms. The van der Waals surface area contributed by atoms with Crippen molar-refractivity contribution in [1.29, 1.82) is 0 Å². The van der Waals surface area contributed by atoms with Gasteiger partial charge in [-0.2, -0.15) is 0 Å². The molecule has 1 aromatic carbocycles. The predicted molar refractivity (Wildman–Crippen MR) is 125 cm³/mol. The van der Waals surface area contributed by atoms with Gasteiger partial charge < -0.3 is 9.80 Å². The van der Waals surface area contributed by atoms with Crippen LogP contribution in [0, 0.1) is 0 Å². The fourth-order valence-corrected chi connectivity index (χ4v) is 4.35. The molecule has 6 heteroatoms. The molecule has 0 saturated carbocycles. The van der Waals surface area contributed by atoms with Crippen LogP contribution in [-0.4, -0.2) is 95.9 Å². The molecule has 2 fully saturated rings. The number of carbonyl (C=O) groups excluding carboxylic acids is 1. The van der Waals surface area contributed by atoms with Crippen LogP contribution in [0.2, 0.25) is 0 Å². The Hall–Kier alpha value is -2.28. The van der Waals surface area contributed by atoms with Crippen LogP contribution in [0.15, 0.2) is 42.6 Å². The number of piperazine rings is 2. The maximum Gasteiger partial charge on any atom is 0.253 e. The molecule has 1 amide bonds. The van der Waals surface area contributed by atoms with E-state index in [0.29, 0.717) is 6.04 Å². The van der Waals surface area contributed by atoms with Gasteiger partial charge in [0.1, 0.15) is 0 Å². The van der Waals surface area contributed by atoms with Crippen molar-refractivity contribution in [3.63, 3.8) is 0 Å².